The Hall–Kier alpha value is -1.07. The smallest absolute Gasteiger partial charge is 0.266 e. The van der Waals surface area contributed by atoms with Crippen LogP contribution in [0.15, 0.2) is 27.7 Å². The average molecular weight is 307 g/mol. The van der Waals surface area contributed by atoms with Gasteiger partial charge < -0.3 is 4.42 Å². The number of rotatable bonds is 4. The zero-order valence-corrected chi connectivity index (χ0v) is 12.8. The summed E-state index contributed by atoms with van der Waals surface area (Å²) >= 11 is 6.70. The molecule has 1 amide bonds. The predicted molar refractivity (Wildman–Crippen MR) is 85.2 cm³/mol. The number of amides is 1. The van der Waals surface area contributed by atoms with Crippen LogP contribution in [0.3, 0.4) is 0 Å². The molecule has 3 rings (SSSR count). The molecule has 0 spiro atoms. The topological polar surface area (TPSA) is 33.5 Å². The molecule has 1 aliphatic carbocycles. The van der Waals surface area contributed by atoms with Crippen LogP contribution in [0.5, 0.6) is 0 Å². The van der Waals surface area contributed by atoms with Crippen molar-refractivity contribution in [2.24, 2.45) is 5.92 Å². The summed E-state index contributed by atoms with van der Waals surface area (Å²) in [6.07, 6.45) is 9.72. The quantitative estimate of drug-likeness (QED) is 0.620. The van der Waals surface area contributed by atoms with Gasteiger partial charge in [-0.2, -0.15) is 0 Å². The van der Waals surface area contributed by atoms with E-state index in [1.807, 2.05) is 12.1 Å². The third-order valence-corrected chi connectivity index (χ3v) is 5.30. The number of hydrogen-bond donors (Lipinski definition) is 0. The van der Waals surface area contributed by atoms with Gasteiger partial charge in [0.25, 0.3) is 5.91 Å². The van der Waals surface area contributed by atoms with Crippen LogP contribution in [0.4, 0.5) is 0 Å². The van der Waals surface area contributed by atoms with Crippen molar-refractivity contribution in [3.8, 4) is 0 Å². The summed E-state index contributed by atoms with van der Waals surface area (Å²) in [4.78, 5) is 14.8. The number of thioether (sulfide) groups is 1. The minimum absolute atomic E-state index is 0.0226. The molecular weight excluding hydrogens is 290 g/mol. The van der Waals surface area contributed by atoms with Gasteiger partial charge in [0.05, 0.1) is 11.2 Å². The Morgan fingerprint density at radius 2 is 2.25 bits per heavy atom. The summed E-state index contributed by atoms with van der Waals surface area (Å²) in [7, 11) is 0. The molecule has 5 heteroatoms. The van der Waals surface area contributed by atoms with Gasteiger partial charge >= 0.3 is 0 Å². The van der Waals surface area contributed by atoms with Crippen LogP contribution in [-0.4, -0.2) is 21.7 Å². The van der Waals surface area contributed by atoms with Crippen molar-refractivity contribution in [3.05, 3.63) is 29.1 Å². The standard InChI is InChI=1S/C15H17NO2S2/c17-14-13(10-12-6-3-9-18-12)20-15(19)16(14)8-7-11-4-1-2-5-11/h3,6,9-11H,1-2,4-5,7-8H2/b13-10-. The second-order valence-corrected chi connectivity index (χ2v) is 6.96. The van der Waals surface area contributed by atoms with E-state index < -0.39 is 0 Å². The molecule has 0 radical (unpaired) electrons. The lowest BCUT2D eigenvalue weighted by Crippen LogP contribution is -2.30. The maximum atomic E-state index is 12.4. The molecule has 0 N–H and O–H groups in total. The maximum Gasteiger partial charge on any atom is 0.266 e. The Morgan fingerprint density at radius 3 is 2.95 bits per heavy atom. The number of nitrogens with zero attached hydrogens (tertiary/aromatic N) is 1. The van der Waals surface area contributed by atoms with Gasteiger partial charge in [0.1, 0.15) is 10.1 Å². The van der Waals surface area contributed by atoms with Crippen LogP contribution in [0.1, 0.15) is 37.9 Å². The Morgan fingerprint density at radius 1 is 1.45 bits per heavy atom. The molecule has 1 aliphatic heterocycles. The second kappa shape index (κ2) is 6.14. The Bertz CT molecular complexity index is 530. The predicted octanol–water partition coefficient (Wildman–Crippen LogP) is 4.06. The van der Waals surface area contributed by atoms with E-state index in [4.69, 9.17) is 16.6 Å². The third kappa shape index (κ3) is 2.99. The lowest BCUT2D eigenvalue weighted by molar-refractivity contribution is -0.122. The van der Waals surface area contributed by atoms with E-state index in [0.717, 1.165) is 18.9 Å². The molecular formula is C15H17NO2S2. The van der Waals surface area contributed by atoms with Gasteiger partial charge in [-0.3, -0.25) is 9.69 Å². The summed E-state index contributed by atoms with van der Waals surface area (Å²) in [5.74, 6) is 1.49. The zero-order chi connectivity index (χ0) is 13.9. The van der Waals surface area contributed by atoms with Crippen molar-refractivity contribution in [3.63, 3.8) is 0 Å². The lowest BCUT2D eigenvalue weighted by Gasteiger charge is -2.17. The van der Waals surface area contributed by atoms with Crippen LogP contribution >= 0.6 is 24.0 Å². The van der Waals surface area contributed by atoms with E-state index in [-0.39, 0.29) is 5.91 Å². The monoisotopic (exact) mass is 307 g/mol. The van der Waals surface area contributed by atoms with E-state index in [9.17, 15) is 4.79 Å². The van der Waals surface area contributed by atoms with Gasteiger partial charge in [-0.25, -0.2) is 0 Å². The normalized spacial score (nSPS) is 22.4. The van der Waals surface area contributed by atoms with E-state index >= 15 is 0 Å². The first-order valence-electron chi connectivity index (χ1n) is 7.03. The Labute approximate surface area is 128 Å². The molecule has 0 aromatic carbocycles. The van der Waals surface area contributed by atoms with Gasteiger partial charge in [0.2, 0.25) is 0 Å². The first-order valence-corrected chi connectivity index (χ1v) is 8.25. The van der Waals surface area contributed by atoms with E-state index in [0.29, 0.717) is 15.0 Å². The lowest BCUT2D eigenvalue weighted by atomic mass is 10.0. The largest absolute Gasteiger partial charge is 0.465 e. The van der Waals surface area contributed by atoms with Crippen molar-refractivity contribution >= 4 is 40.3 Å². The number of carbonyl (C=O) groups excluding carboxylic acids is 1. The van der Waals surface area contributed by atoms with Crippen LogP contribution in [0, 0.1) is 5.92 Å². The molecule has 0 bridgehead atoms. The highest BCUT2D eigenvalue weighted by atomic mass is 32.2. The molecule has 2 heterocycles. The van der Waals surface area contributed by atoms with E-state index in [1.165, 1.54) is 37.4 Å². The van der Waals surface area contributed by atoms with Gasteiger partial charge in [-0.1, -0.05) is 49.7 Å². The first kappa shape index (κ1) is 13.9. The van der Waals surface area contributed by atoms with Crippen LogP contribution in [0.25, 0.3) is 6.08 Å². The highest BCUT2D eigenvalue weighted by molar-refractivity contribution is 8.26. The molecule has 3 nitrogen and oxygen atoms in total. The molecule has 1 saturated heterocycles. The number of carbonyl (C=O) groups is 1. The summed E-state index contributed by atoms with van der Waals surface area (Å²) in [6, 6.07) is 3.65. The highest BCUT2D eigenvalue weighted by Crippen LogP contribution is 2.34. The van der Waals surface area contributed by atoms with Crippen LogP contribution < -0.4 is 0 Å². The van der Waals surface area contributed by atoms with Gasteiger partial charge in [-0.05, 0) is 24.5 Å². The molecule has 0 unspecified atom stereocenters. The number of hydrogen-bond acceptors (Lipinski definition) is 4. The van der Waals surface area contributed by atoms with E-state index in [2.05, 4.69) is 0 Å². The second-order valence-electron chi connectivity index (χ2n) is 5.29. The Kier molecular flexibility index (Phi) is 4.27. The van der Waals surface area contributed by atoms with Crippen molar-refractivity contribution in [2.75, 3.05) is 6.54 Å². The fourth-order valence-corrected chi connectivity index (χ4v) is 4.09. The molecule has 1 aromatic rings. The van der Waals surface area contributed by atoms with Crippen molar-refractivity contribution < 1.29 is 9.21 Å². The molecule has 2 aliphatic rings. The number of furan rings is 1. The van der Waals surface area contributed by atoms with Crippen molar-refractivity contribution in [1.82, 2.24) is 4.90 Å². The minimum Gasteiger partial charge on any atom is -0.465 e. The summed E-state index contributed by atoms with van der Waals surface area (Å²) in [5, 5.41) is 0. The van der Waals surface area contributed by atoms with E-state index in [1.54, 1.807) is 17.2 Å². The average Bonchev–Trinajstić information content (AvgIpc) is 3.13. The van der Waals surface area contributed by atoms with Crippen molar-refractivity contribution in [1.29, 1.82) is 0 Å². The molecule has 106 valence electrons. The van der Waals surface area contributed by atoms with Crippen molar-refractivity contribution in [2.45, 2.75) is 32.1 Å². The van der Waals surface area contributed by atoms with Gasteiger partial charge in [-0.15, -0.1) is 0 Å². The summed E-state index contributed by atoms with van der Waals surface area (Å²) < 4.78 is 5.92. The molecule has 0 atom stereocenters. The van der Waals surface area contributed by atoms with Crippen LogP contribution in [-0.2, 0) is 4.79 Å². The molecule has 1 aromatic heterocycles. The molecule has 1 saturated carbocycles. The Balaban J connectivity index is 1.64. The number of thiocarbonyl (C=S) groups is 1. The van der Waals surface area contributed by atoms with Gasteiger partial charge in [0, 0.05) is 12.6 Å². The molecule has 2 fully saturated rings. The third-order valence-electron chi connectivity index (χ3n) is 3.93. The summed E-state index contributed by atoms with van der Waals surface area (Å²) in [5.41, 5.74) is 0. The summed E-state index contributed by atoms with van der Waals surface area (Å²) in [6.45, 7) is 0.755. The SMILES string of the molecule is O=C1/C(=C/c2ccco2)SC(=S)N1CCC1CCCC1. The molecule has 20 heavy (non-hydrogen) atoms. The first-order chi connectivity index (χ1) is 9.74. The zero-order valence-electron chi connectivity index (χ0n) is 11.2. The van der Waals surface area contributed by atoms with Gasteiger partial charge in [0.15, 0.2) is 0 Å². The van der Waals surface area contributed by atoms with Crippen LogP contribution in [0.2, 0.25) is 0 Å². The maximum absolute atomic E-state index is 12.4. The fraction of sp³-hybridized carbons (Fsp3) is 0.467. The highest BCUT2D eigenvalue weighted by Gasteiger charge is 2.32. The minimum atomic E-state index is 0.0226. The fourth-order valence-electron chi connectivity index (χ4n) is 2.81.